The summed E-state index contributed by atoms with van der Waals surface area (Å²) in [6, 6.07) is 9.90. The van der Waals surface area contributed by atoms with Crippen LogP contribution in [0.15, 0.2) is 42.7 Å². The van der Waals surface area contributed by atoms with E-state index in [1.807, 2.05) is 30.3 Å². The van der Waals surface area contributed by atoms with E-state index in [1.165, 1.54) is 11.3 Å². The largest absolute Gasteiger partial charge is 0.323 e. The number of anilines is 1. The Kier molecular flexibility index (Phi) is 3.55. The molecule has 1 aromatic carbocycles. The molecule has 1 aliphatic heterocycles. The Labute approximate surface area is 137 Å². The quantitative estimate of drug-likeness (QED) is 0.760. The molecule has 0 aliphatic carbocycles. The number of urea groups is 1. The van der Waals surface area contributed by atoms with Gasteiger partial charge in [-0.05, 0) is 5.56 Å². The number of nitrogens with one attached hydrogen (secondary N) is 2. The van der Waals surface area contributed by atoms with Gasteiger partial charge in [-0.1, -0.05) is 41.7 Å². The first-order valence-corrected chi connectivity index (χ1v) is 8.19. The van der Waals surface area contributed by atoms with Crippen LogP contribution in [0, 0.1) is 0 Å². The number of carbonyl (C=O) groups is 1. The zero-order valence-electron chi connectivity index (χ0n) is 12.3. The number of thiazole rings is 1. The second-order valence-electron chi connectivity index (χ2n) is 5.37. The number of rotatable bonds is 2. The normalized spacial score (nSPS) is 13.7. The van der Waals surface area contributed by atoms with E-state index in [4.69, 9.17) is 0 Å². The fraction of sp³-hybridized carbons (Fsp3) is 0.188. The van der Waals surface area contributed by atoms with Crippen molar-refractivity contribution in [1.29, 1.82) is 0 Å². The summed E-state index contributed by atoms with van der Waals surface area (Å²) in [4.78, 5) is 19.5. The molecule has 0 spiro atoms. The summed E-state index contributed by atoms with van der Waals surface area (Å²) in [5, 5.41) is 10.5. The lowest BCUT2D eigenvalue weighted by atomic mass is 10.1. The van der Waals surface area contributed by atoms with Crippen molar-refractivity contribution in [2.75, 3.05) is 11.9 Å². The third kappa shape index (κ3) is 2.83. The predicted octanol–water partition coefficient (Wildman–Crippen LogP) is 3.12. The lowest BCUT2D eigenvalue weighted by Crippen LogP contribution is -2.38. The van der Waals surface area contributed by atoms with E-state index in [2.05, 4.69) is 20.5 Å². The highest BCUT2D eigenvalue weighted by Crippen LogP contribution is 2.29. The van der Waals surface area contributed by atoms with Crippen molar-refractivity contribution in [3.63, 3.8) is 0 Å². The Hall–Kier alpha value is -2.67. The van der Waals surface area contributed by atoms with Crippen LogP contribution in [-0.2, 0) is 13.0 Å². The van der Waals surface area contributed by atoms with Crippen LogP contribution in [0.4, 0.5) is 9.93 Å². The molecule has 0 saturated carbocycles. The van der Waals surface area contributed by atoms with Gasteiger partial charge in [0.15, 0.2) is 5.13 Å². The van der Waals surface area contributed by atoms with Crippen LogP contribution in [0.3, 0.4) is 0 Å². The summed E-state index contributed by atoms with van der Waals surface area (Å²) >= 11 is 1.48. The monoisotopic (exact) mass is 325 g/mol. The molecule has 0 fully saturated rings. The molecule has 2 aromatic heterocycles. The van der Waals surface area contributed by atoms with E-state index in [-0.39, 0.29) is 6.03 Å². The van der Waals surface area contributed by atoms with Gasteiger partial charge in [0.2, 0.25) is 0 Å². The van der Waals surface area contributed by atoms with Crippen LogP contribution in [0.2, 0.25) is 0 Å². The van der Waals surface area contributed by atoms with Gasteiger partial charge < -0.3 is 4.90 Å². The number of aromatic nitrogens is 3. The summed E-state index contributed by atoms with van der Waals surface area (Å²) < 4.78 is 0. The second-order valence-corrected chi connectivity index (χ2v) is 6.40. The number of fused-ring (bicyclic) bond motifs is 1. The van der Waals surface area contributed by atoms with Crippen molar-refractivity contribution in [3.8, 4) is 10.4 Å². The van der Waals surface area contributed by atoms with Gasteiger partial charge in [0.25, 0.3) is 0 Å². The smallest absolute Gasteiger partial charge is 0.320 e. The van der Waals surface area contributed by atoms with Crippen molar-refractivity contribution in [2.24, 2.45) is 0 Å². The molecule has 0 atom stereocenters. The predicted molar refractivity (Wildman–Crippen MR) is 89.3 cm³/mol. The third-order valence-electron chi connectivity index (χ3n) is 3.87. The molecule has 0 saturated heterocycles. The molecular weight excluding hydrogens is 310 g/mol. The van der Waals surface area contributed by atoms with Crippen LogP contribution in [0.5, 0.6) is 0 Å². The molecule has 4 rings (SSSR count). The Morgan fingerprint density at radius 1 is 1.26 bits per heavy atom. The number of nitrogens with zero attached hydrogens (tertiary/aromatic N) is 3. The van der Waals surface area contributed by atoms with Gasteiger partial charge >= 0.3 is 6.03 Å². The molecule has 116 valence electrons. The average molecular weight is 325 g/mol. The molecule has 23 heavy (non-hydrogen) atoms. The van der Waals surface area contributed by atoms with E-state index in [9.17, 15) is 4.79 Å². The number of benzene rings is 1. The van der Waals surface area contributed by atoms with Crippen molar-refractivity contribution in [3.05, 3.63) is 54.0 Å². The first-order valence-electron chi connectivity index (χ1n) is 7.38. The zero-order chi connectivity index (χ0) is 15.6. The van der Waals surface area contributed by atoms with Gasteiger partial charge in [0, 0.05) is 30.4 Å². The first kappa shape index (κ1) is 14.0. The van der Waals surface area contributed by atoms with Crippen LogP contribution in [0.1, 0.15) is 11.3 Å². The van der Waals surface area contributed by atoms with Gasteiger partial charge in [-0.2, -0.15) is 5.10 Å². The molecule has 1 aliphatic rings. The maximum absolute atomic E-state index is 12.4. The van der Waals surface area contributed by atoms with Gasteiger partial charge in [0.05, 0.1) is 17.6 Å². The molecule has 3 heterocycles. The Bertz CT molecular complexity index is 826. The summed E-state index contributed by atoms with van der Waals surface area (Å²) in [6.07, 6.45) is 4.38. The molecular formula is C16H15N5OS. The molecule has 2 amide bonds. The minimum absolute atomic E-state index is 0.120. The lowest BCUT2D eigenvalue weighted by Gasteiger charge is -2.26. The van der Waals surface area contributed by atoms with Crippen LogP contribution in [-0.4, -0.2) is 32.7 Å². The van der Waals surface area contributed by atoms with Crippen LogP contribution < -0.4 is 5.32 Å². The van der Waals surface area contributed by atoms with Gasteiger partial charge in [-0.15, -0.1) is 0 Å². The molecule has 0 radical (unpaired) electrons. The van der Waals surface area contributed by atoms with Crippen molar-refractivity contribution >= 4 is 22.5 Å². The number of carbonyl (C=O) groups excluding carboxylic acids is 1. The zero-order valence-corrected chi connectivity index (χ0v) is 13.1. The van der Waals surface area contributed by atoms with Gasteiger partial charge in [0.1, 0.15) is 0 Å². The minimum Gasteiger partial charge on any atom is -0.320 e. The maximum Gasteiger partial charge on any atom is 0.323 e. The van der Waals surface area contributed by atoms with E-state index >= 15 is 0 Å². The first-order chi connectivity index (χ1) is 11.3. The van der Waals surface area contributed by atoms with Crippen LogP contribution >= 0.6 is 11.3 Å². The van der Waals surface area contributed by atoms with Gasteiger partial charge in [-0.25, -0.2) is 9.78 Å². The second kappa shape index (κ2) is 5.85. The third-order valence-corrected chi connectivity index (χ3v) is 4.83. The number of hydrogen-bond donors (Lipinski definition) is 2. The minimum atomic E-state index is -0.120. The number of amides is 2. The molecule has 6 nitrogen and oxygen atoms in total. The average Bonchev–Trinajstić information content (AvgIpc) is 3.24. The van der Waals surface area contributed by atoms with E-state index in [1.54, 1.807) is 17.3 Å². The van der Waals surface area contributed by atoms with E-state index in [0.717, 1.165) is 28.1 Å². The number of hydrogen-bond acceptors (Lipinski definition) is 4. The highest BCUT2D eigenvalue weighted by Gasteiger charge is 2.22. The highest BCUT2D eigenvalue weighted by atomic mass is 32.1. The topological polar surface area (TPSA) is 73.9 Å². The van der Waals surface area contributed by atoms with Crippen molar-refractivity contribution in [1.82, 2.24) is 20.1 Å². The summed E-state index contributed by atoms with van der Waals surface area (Å²) in [7, 11) is 0. The fourth-order valence-electron chi connectivity index (χ4n) is 2.63. The van der Waals surface area contributed by atoms with Gasteiger partial charge in [-0.3, -0.25) is 10.4 Å². The Morgan fingerprint density at radius 3 is 3.00 bits per heavy atom. The summed E-state index contributed by atoms with van der Waals surface area (Å²) in [5.74, 6) is 0. The Balaban J connectivity index is 1.45. The maximum atomic E-state index is 12.4. The molecule has 7 heteroatoms. The van der Waals surface area contributed by atoms with Crippen LogP contribution in [0.25, 0.3) is 10.4 Å². The van der Waals surface area contributed by atoms with E-state index < -0.39 is 0 Å². The molecule has 3 aromatic rings. The molecule has 0 bridgehead atoms. The number of aromatic amines is 1. The number of H-pyrrole nitrogens is 1. The fourth-order valence-corrected chi connectivity index (χ4v) is 3.45. The lowest BCUT2D eigenvalue weighted by molar-refractivity contribution is 0.206. The summed E-state index contributed by atoms with van der Waals surface area (Å²) in [6.45, 7) is 1.26. The van der Waals surface area contributed by atoms with Crippen molar-refractivity contribution < 1.29 is 4.79 Å². The molecule has 0 unspecified atom stereocenters. The summed E-state index contributed by atoms with van der Waals surface area (Å²) in [5.41, 5.74) is 3.30. The van der Waals surface area contributed by atoms with E-state index in [0.29, 0.717) is 18.2 Å². The van der Waals surface area contributed by atoms with Crippen molar-refractivity contribution in [2.45, 2.75) is 13.0 Å². The standard InChI is InChI=1S/C16H15N5OS/c22-16(21-7-6-13-12(10-21)8-18-20-13)19-15-17-9-14(23-15)11-4-2-1-3-5-11/h1-5,8-9H,6-7,10H2,(H,18,20)(H,17,19,22). The Morgan fingerprint density at radius 2 is 2.13 bits per heavy atom. The SMILES string of the molecule is O=C(Nc1ncc(-c2ccccc2)s1)N1CCc2[nH]ncc2C1. The highest BCUT2D eigenvalue weighted by molar-refractivity contribution is 7.19. The molecule has 2 N–H and O–H groups in total.